The average Bonchev–Trinajstić information content (AvgIpc) is 3.34. The second-order valence-corrected chi connectivity index (χ2v) is 5.69. The SMILES string of the molecule is NCc1nnn(-c2ccc(N3CCCC3)cc2)c1-c1ccco1. The molecular weight excluding hydrogens is 290 g/mol. The van der Waals surface area contributed by atoms with Gasteiger partial charge in [0.15, 0.2) is 5.76 Å². The van der Waals surface area contributed by atoms with E-state index in [1.165, 1.54) is 18.5 Å². The smallest absolute Gasteiger partial charge is 0.154 e. The Balaban J connectivity index is 1.72. The standard InChI is InChI=1S/C17H19N5O/c18-12-15-17(16-4-3-11-23-16)22(20-19-15)14-7-5-13(6-8-14)21-9-1-2-10-21/h3-8,11H,1-2,9-10,12,18H2. The molecule has 0 saturated carbocycles. The summed E-state index contributed by atoms with van der Waals surface area (Å²) in [6, 6.07) is 12.1. The van der Waals surface area contributed by atoms with Gasteiger partial charge in [0.1, 0.15) is 11.4 Å². The number of nitrogens with two attached hydrogens (primary N) is 1. The number of nitrogens with zero attached hydrogens (tertiary/aromatic N) is 4. The maximum absolute atomic E-state index is 5.79. The molecule has 23 heavy (non-hydrogen) atoms. The zero-order valence-corrected chi connectivity index (χ0v) is 12.9. The van der Waals surface area contributed by atoms with Gasteiger partial charge in [-0.1, -0.05) is 5.21 Å². The van der Waals surface area contributed by atoms with Crippen molar-refractivity contribution < 1.29 is 4.42 Å². The Kier molecular flexibility index (Phi) is 3.59. The van der Waals surface area contributed by atoms with E-state index in [1.807, 2.05) is 12.1 Å². The molecule has 0 radical (unpaired) electrons. The van der Waals surface area contributed by atoms with E-state index in [2.05, 4.69) is 39.5 Å². The first-order valence-corrected chi connectivity index (χ1v) is 7.91. The largest absolute Gasteiger partial charge is 0.463 e. The third-order valence-electron chi connectivity index (χ3n) is 4.25. The molecule has 2 aromatic heterocycles. The number of hydrogen-bond donors (Lipinski definition) is 1. The summed E-state index contributed by atoms with van der Waals surface area (Å²) in [7, 11) is 0. The lowest BCUT2D eigenvalue weighted by Gasteiger charge is -2.17. The maximum atomic E-state index is 5.79. The average molecular weight is 309 g/mol. The molecule has 1 aromatic carbocycles. The summed E-state index contributed by atoms with van der Waals surface area (Å²) in [6.45, 7) is 2.59. The zero-order chi connectivity index (χ0) is 15.6. The van der Waals surface area contributed by atoms with E-state index in [0.29, 0.717) is 6.54 Å². The molecule has 3 heterocycles. The molecule has 0 spiro atoms. The number of hydrogen-bond acceptors (Lipinski definition) is 5. The van der Waals surface area contributed by atoms with Gasteiger partial charge in [-0.25, -0.2) is 4.68 Å². The van der Waals surface area contributed by atoms with Crippen LogP contribution < -0.4 is 10.6 Å². The van der Waals surface area contributed by atoms with Gasteiger partial charge in [-0.15, -0.1) is 5.10 Å². The van der Waals surface area contributed by atoms with Gasteiger partial charge in [0.2, 0.25) is 0 Å². The van der Waals surface area contributed by atoms with E-state index in [0.717, 1.165) is 35.9 Å². The van der Waals surface area contributed by atoms with Crippen LogP contribution in [0.1, 0.15) is 18.5 Å². The molecule has 0 bridgehead atoms. The quantitative estimate of drug-likeness (QED) is 0.802. The summed E-state index contributed by atoms with van der Waals surface area (Å²) in [4.78, 5) is 2.41. The van der Waals surface area contributed by atoms with Gasteiger partial charge in [-0.05, 0) is 49.2 Å². The molecule has 6 nitrogen and oxygen atoms in total. The predicted molar refractivity (Wildman–Crippen MR) is 88.4 cm³/mol. The number of benzene rings is 1. The molecule has 0 unspecified atom stereocenters. The second-order valence-electron chi connectivity index (χ2n) is 5.69. The van der Waals surface area contributed by atoms with Gasteiger partial charge in [0.25, 0.3) is 0 Å². The molecule has 1 saturated heterocycles. The van der Waals surface area contributed by atoms with Crippen molar-refractivity contribution in [1.29, 1.82) is 0 Å². The fraction of sp³-hybridized carbons (Fsp3) is 0.294. The second kappa shape index (κ2) is 5.89. The summed E-state index contributed by atoms with van der Waals surface area (Å²) < 4.78 is 7.31. The summed E-state index contributed by atoms with van der Waals surface area (Å²) in [5, 5.41) is 8.44. The first-order chi connectivity index (χ1) is 11.4. The lowest BCUT2D eigenvalue weighted by molar-refractivity contribution is 0.576. The van der Waals surface area contributed by atoms with Crippen LogP contribution in [0.4, 0.5) is 5.69 Å². The Labute approximate surface area is 134 Å². The summed E-state index contributed by atoms with van der Waals surface area (Å²) in [5.74, 6) is 0.721. The van der Waals surface area contributed by atoms with Gasteiger partial charge in [0, 0.05) is 25.3 Å². The van der Waals surface area contributed by atoms with Crippen LogP contribution in [0, 0.1) is 0 Å². The molecule has 0 atom stereocenters. The van der Waals surface area contributed by atoms with Crippen molar-refractivity contribution in [3.05, 3.63) is 48.4 Å². The van der Waals surface area contributed by atoms with Crippen molar-refractivity contribution in [1.82, 2.24) is 15.0 Å². The minimum atomic E-state index is 0.321. The lowest BCUT2D eigenvalue weighted by atomic mass is 10.2. The van der Waals surface area contributed by atoms with Crippen LogP contribution in [-0.4, -0.2) is 28.1 Å². The van der Waals surface area contributed by atoms with Crippen LogP contribution in [0.5, 0.6) is 0 Å². The first kappa shape index (κ1) is 14.0. The number of furan rings is 1. The number of rotatable bonds is 4. The van der Waals surface area contributed by atoms with Crippen LogP contribution in [0.2, 0.25) is 0 Å². The first-order valence-electron chi connectivity index (χ1n) is 7.91. The van der Waals surface area contributed by atoms with E-state index in [4.69, 9.17) is 10.2 Å². The molecule has 118 valence electrons. The third-order valence-corrected chi connectivity index (χ3v) is 4.25. The van der Waals surface area contributed by atoms with E-state index >= 15 is 0 Å². The van der Waals surface area contributed by atoms with Crippen molar-refractivity contribution >= 4 is 5.69 Å². The highest BCUT2D eigenvalue weighted by Gasteiger charge is 2.18. The highest BCUT2D eigenvalue weighted by atomic mass is 16.3. The minimum Gasteiger partial charge on any atom is -0.463 e. The van der Waals surface area contributed by atoms with Crippen LogP contribution in [0.15, 0.2) is 47.1 Å². The molecule has 0 aliphatic carbocycles. The van der Waals surface area contributed by atoms with Gasteiger partial charge in [-0.3, -0.25) is 0 Å². The Morgan fingerprint density at radius 3 is 2.43 bits per heavy atom. The lowest BCUT2D eigenvalue weighted by Crippen LogP contribution is -2.17. The molecular formula is C17H19N5O. The summed E-state index contributed by atoms with van der Waals surface area (Å²) in [6.07, 6.45) is 4.18. The Morgan fingerprint density at radius 2 is 1.78 bits per heavy atom. The zero-order valence-electron chi connectivity index (χ0n) is 12.9. The Bertz CT molecular complexity index is 770. The minimum absolute atomic E-state index is 0.321. The van der Waals surface area contributed by atoms with E-state index < -0.39 is 0 Å². The molecule has 2 N–H and O–H groups in total. The highest BCUT2D eigenvalue weighted by molar-refractivity contribution is 5.60. The third kappa shape index (κ3) is 2.51. The van der Waals surface area contributed by atoms with E-state index in [1.54, 1.807) is 10.9 Å². The molecule has 4 rings (SSSR count). The van der Waals surface area contributed by atoms with Gasteiger partial charge >= 0.3 is 0 Å². The molecule has 1 aliphatic heterocycles. The summed E-state index contributed by atoms with van der Waals surface area (Å²) >= 11 is 0. The van der Waals surface area contributed by atoms with Gasteiger partial charge < -0.3 is 15.1 Å². The highest BCUT2D eigenvalue weighted by Crippen LogP contribution is 2.27. The predicted octanol–water partition coefficient (Wildman–Crippen LogP) is 2.59. The van der Waals surface area contributed by atoms with Gasteiger partial charge in [0.05, 0.1) is 12.0 Å². The fourth-order valence-electron chi connectivity index (χ4n) is 3.07. The van der Waals surface area contributed by atoms with Crippen molar-refractivity contribution in [3.8, 4) is 17.1 Å². The summed E-state index contributed by atoms with van der Waals surface area (Å²) in [5.41, 5.74) is 9.53. The normalized spacial score (nSPS) is 14.6. The molecule has 6 heteroatoms. The molecule has 1 aliphatic rings. The van der Waals surface area contributed by atoms with E-state index in [9.17, 15) is 0 Å². The van der Waals surface area contributed by atoms with Crippen LogP contribution in [0.25, 0.3) is 17.1 Å². The van der Waals surface area contributed by atoms with Crippen molar-refractivity contribution in [2.45, 2.75) is 19.4 Å². The molecule has 0 amide bonds. The monoisotopic (exact) mass is 309 g/mol. The van der Waals surface area contributed by atoms with Gasteiger partial charge in [-0.2, -0.15) is 0 Å². The van der Waals surface area contributed by atoms with Crippen molar-refractivity contribution in [2.24, 2.45) is 5.73 Å². The number of anilines is 1. The van der Waals surface area contributed by atoms with Crippen LogP contribution in [-0.2, 0) is 6.54 Å². The van der Waals surface area contributed by atoms with Crippen LogP contribution in [0.3, 0.4) is 0 Å². The molecule has 1 fully saturated rings. The number of aromatic nitrogens is 3. The van der Waals surface area contributed by atoms with E-state index in [-0.39, 0.29) is 0 Å². The van der Waals surface area contributed by atoms with Crippen LogP contribution >= 0.6 is 0 Å². The Hall–Kier alpha value is -2.60. The topological polar surface area (TPSA) is 73.1 Å². The fourth-order valence-corrected chi connectivity index (χ4v) is 3.07. The maximum Gasteiger partial charge on any atom is 0.154 e. The Morgan fingerprint density at radius 1 is 1.04 bits per heavy atom. The molecule has 3 aromatic rings. The van der Waals surface area contributed by atoms with Crippen molar-refractivity contribution in [2.75, 3.05) is 18.0 Å². The van der Waals surface area contributed by atoms with Crippen molar-refractivity contribution in [3.63, 3.8) is 0 Å².